The molecule has 0 bridgehead atoms. The number of nitrogens with zero attached hydrogens (tertiary/aromatic N) is 6. The third-order valence-corrected chi connectivity index (χ3v) is 5.20. The van der Waals surface area contributed by atoms with Crippen LogP contribution in [0.1, 0.15) is 34.1 Å². The van der Waals surface area contributed by atoms with Gasteiger partial charge in [0.05, 0.1) is 17.6 Å². The van der Waals surface area contributed by atoms with Gasteiger partial charge in [-0.05, 0) is 51.3 Å². The topological polar surface area (TPSA) is 110 Å². The smallest absolute Gasteiger partial charge is 0.407 e. The van der Waals surface area contributed by atoms with Crippen LogP contribution in [0.2, 0.25) is 5.15 Å². The number of pyridine rings is 1. The highest BCUT2D eigenvalue weighted by Gasteiger charge is 2.29. The minimum atomic E-state index is -0.538. The van der Waals surface area contributed by atoms with Crippen LogP contribution < -0.4 is 15.5 Å². The molecular formula is C21H27ClN8O2. The van der Waals surface area contributed by atoms with Gasteiger partial charge in [-0.15, -0.1) is 10.2 Å². The highest BCUT2D eigenvalue weighted by atomic mass is 35.5. The summed E-state index contributed by atoms with van der Waals surface area (Å²) in [5.74, 6) is 0.810. The lowest BCUT2D eigenvalue weighted by Crippen LogP contribution is -2.51. The molecule has 2 N–H and O–H groups in total. The molecule has 2 atom stereocenters. The van der Waals surface area contributed by atoms with Gasteiger partial charge in [-0.2, -0.15) is 9.61 Å². The van der Waals surface area contributed by atoms with E-state index in [2.05, 4.69) is 42.7 Å². The van der Waals surface area contributed by atoms with Gasteiger partial charge in [-0.3, -0.25) is 4.98 Å². The predicted octanol–water partition coefficient (Wildman–Crippen LogP) is 3.66. The number of fused-ring (bicyclic) bond motifs is 1. The molecule has 32 heavy (non-hydrogen) atoms. The molecule has 0 aliphatic carbocycles. The molecule has 1 aliphatic heterocycles. The lowest BCUT2D eigenvalue weighted by molar-refractivity contribution is 0.0495. The van der Waals surface area contributed by atoms with E-state index in [0.29, 0.717) is 29.2 Å². The molecule has 1 amide bonds. The van der Waals surface area contributed by atoms with Crippen molar-refractivity contribution in [2.75, 3.05) is 23.3 Å². The van der Waals surface area contributed by atoms with Crippen LogP contribution in [0.5, 0.6) is 0 Å². The van der Waals surface area contributed by atoms with Crippen LogP contribution in [0.3, 0.4) is 0 Å². The summed E-state index contributed by atoms with van der Waals surface area (Å²) >= 11 is 6.04. The van der Waals surface area contributed by atoms with Crippen molar-refractivity contribution >= 4 is 40.7 Å². The van der Waals surface area contributed by atoms with Crippen LogP contribution in [-0.2, 0) is 4.74 Å². The van der Waals surface area contributed by atoms with Crippen molar-refractivity contribution in [3.05, 3.63) is 35.7 Å². The number of amides is 1. The minimum Gasteiger partial charge on any atom is -0.444 e. The first kappa shape index (κ1) is 22.1. The lowest BCUT2D eigenvalue weighted by atomic mass is 9.95. The van der Waals surface area contributed by atoms with E-state index in [1.54, 1.807) is 29.0 Å². The third-order valence-electron chi connectivity index (χ3n) is 5.00. The van der Waals surface area contributed by atoms with Gasteiger partial charge in [-0.1, -0.05) is 18.5 Å². The number of carbonyl (C=O) groups excluding carboxylic acids is 1. The monoisotopic (exact) mass is 458 g/mol. The Hall–Kier alpha value is -3.14. The number of nitrogens with one attached hydrogen (secondary N) is 2. The molecule has 3 aromatic rings. The van der Waals surface area contributed by atoms with E-state index in [9.17, 15) is 4.79 Å². The number of hydrogen-bond acceptors (Lipinski definition) is 8. The first-order valence-electron chi connectivity index (χ1n) is 10.5. The molecule has 170 valence electrons. The first-order valence-corrected chi connectivity index (χ1v) is 10.9. The van der Waals surface area contributed by atoms with Crippen LogP contribution in [0, 0.1) is 5.92 Å². The molecule has 3 aromatic heterocycles. The Morgan fingerprint density at radius 2 is 2.03 bits per heavy atom. The van der Waals surface area contributed by atoms with Crippen molar-refractivity contribution < 1.29 is 9.53 Å². The highest BCUT2D eigenvalue weighted by Crippen LogP contribution is 2.31. The zero-order valence-electron chi connectivity index (χ0n) is 18.5. The van der Waals surface area contributed by atoms with Gasteiger partial charge in [0.1, 0.15) is 10.8 Å². The van der Waals surface area contributed by atoms with E-state index >= 15 is 0 Å². The van der Waals surface area contributed by atoms with Crippen molar-refractivity contribution in [1.82, 2.24) is 30.1 Å². The number of hydrogen-bond donors (Lipinski definition) is 2. The second-order valence-corrected chi connectivity index (χ2v) is 9.44. The van der Waals surface area contributed by atoms with Gasteiger partial charge < -0.3 is 20.3 Å². The van der Waals surface area contributed by atoms with Crippen molar-refractivity contribution in [2.24, 2.45) is 5.92 Å². The number of anilines is 3. The number of ether oxygens (including phenoxy) is 1. The molecule has 4 heterocycles. The average Bonchev–Trinajstić information content (AvgIpc) is 3.08. The van der Waals surface area contributed by atoms with E-state index < -0.39 is 11.7 Å². The van der Waals surface area contributed by atoms with E-state index in [1.165, 1.54) is 0 Å². The fraction of sp³-hybridized carbons (Fsp3) is 0.476. The summed E-state index contributed by atoms with van der Waals surface area (Å²) in [5, 5.41) is 19.2. The number of piperidine rings is 1. The second-order valence-electron chi connectivity index (χ2n) is 9.06. The fourth-order valence-electron chi connectivity index (χ4n) is 3.85. The van der Waals surface area contributed by atoms with Crippen LogP contribution in [0.25, 0.3) is 5.65 Å². The van der Waals surface area contributed by atoms with Crippen molar-refractivity contribution in [3.63, 3.8) is 0 Å². The van der Waals surface area contributed by atoms with Crippen molar-refractivity contribution in [1.29, 1.82) is 0 Å². The maximum atomic E-state index is 12.3. The van der Waals surface area contributed by atoms with Gasteiger partial charge in [0, 0.05) is 25.3 Å². The Bertz CT molecular complexity index is 1110. The summed E-state index contributed by atoms with van der Waals surface area (Å²) < 4.78 is 6.98. The zero-order chi connectivity index (χ0) is 22.9. The summed E-state index contributed by atoms with van der Waals surface area (Å²) in [7, 11) is 0. The predicted molar refractivity (Wildman–Crippen MR) is 122 cm³/mol. The number of carbonyl (C=O) groups is 1. The summed E-state index contributed by atoms with van der Waals surface area (Å²) in [6, 6.07) is 5.31. The number of aromatic nitrogens is 5. The average molecular weight is 459 g/mol. The standard InChI is InChI=1S/C21H27ClN8O2/c1-13-9-14(24-20(31)32-21(2,3)4)12-29(11-13)16-7-8-23-10-15(16)25-19-27-26-18-6-5-17(22)28-30(18)19/h5-8,10,13-14H,9,11-12H2,1-4H3,(H,24,31)(H,25,27)/t13-,14+/m1/s1. The fourth-order valence-corrected chi connectivity index (χ4v) is 3.99. The van der Waals surface area contributed by atoms with E-state index in [-0.39, 0.29) is 6.04 Å². The molecule has 0 spiro atoms. The lowest BCUT2D eigenvalue weighted by Gasteiger charge is -2.39. The van der Waals surface area contributed by atoms with Gasteiger partial charge in [-0.25, -0.2) is 4.79 Å². The molecule has 0 aromatic carbocycles. The molecule has 4 rings (SSSR count). The quantitative estimate of drug-likeness (QED) is 0.609. The van der Waals surface area contributed by atoms with Gasteiger partial charge in [0.15, 0.2) is 5.65 Å². The van der Waals surface area contributed by atoms with Crippen LogP contribution >= 0.6 is 11.6 Å². The Balaban J connectivity index is 1.54. The van der Waals surface area contributed by atoms with E-state index in [4.69, 9.17) is 16.3 Å². The Morgan fingerprint density at radius 1 is 1.22 bits per heavy atom. The van der Waals surface area contributed by atoms with Crippen molar-refractivity contribution in [2.45, 2.75) is 45.8 Å². The summed E-state index contributed by atoms with van der Waals surface area (Å²) in [6.07, 6.45) is 3.95. The van der Waals surface area contributed by atoms with Gasteiger partial charge >= 0.3 is 6.09 Å². The molecule has 0 unspecified atom stereocenters. The van der Waals surface area contributed by atoms with Crippen LogP contribution in [-0.4, -0.2) is 55.6 Å². The molecule has 0 radical (unpaired) electrons. The Labute approximate surface area is 191 Å². The SMILES string of the molecule is C[C@@H]1C[C@H](NC(=O)OC(C)(C)C)CN(c2ccncc2Nc2nnc3ccc(Cl)nn23)C1. The summed E-state index contributed by atoms with van der Waals surface area (Å²) in [6.45, 7) is 9.22. The highest BCUT2D eigenvalue weighted by molar-refractivity contribution is 6.29. The Morgan fingerprint density at radius 3 is 2.81 bits per heavy atom. The van der Waals surface area contributed by atoms with Gasteiger partial charge in [0.2, 0.25) is 0 Å². The van der Waals surface area contributed by atoms with Crippen molar-refractivity contribution in [3.8, 4) is 0 Å². The minimum absolute atomic E-state index is 0.0380. The van der Waals surface area contributed by atoms with Crippen LogP contribution in [0.15, 0.2) is 30.6 Å². The molecular weight excluding hydrogens is 432 g/mol. The van der Waals surface area contributed by atoms with Gasteiger partial charge in [0.25, 0.3) is 5.95 Å². The molecule has 10 nitrogen and oxygen atoms in total. The van der Waals surface area contributed by atoms with E-state index in [0.717, 1.165) is 24.3 Å². The largest absolute Gasteiger partial charge is 0.444 e. The third kappa shape index (κ3) is 5.18. The van der Waals surface area contributed by atoms with Crippen LogP contribution in [0.4, 0.5) is 22.1 Å². The first-order chi connectivity index (χ1) is 15.2. The molecule has 0 saturated carbocycles. The summed E-state index contributed by atoms with van der Waals surface area (Å²) in [4.78, 5) is 18.8. The molecule has 1 fully saturated rings. The number of rotatable bonds is 4. The number of alkyl carbamates (subject to hydrolysis) is 1. The molecule has 1 aliphatic rings. The summed E-state index contributed by atoms with van der Waals surface area (Å²) in [5.41, 5.74) is 1.75. The maximum absolute atomic E-state index is 12.3. The molecule has 1 saturated heterocycles. The normalized spacial score (nSPS) is 19.1. The number of halogens is 1. The van der Waals surface area contributed by atoms with E-state index in [1.807, 2.05) is 26.8 Å². The molecule has 11 heteroatoms. The zero-order valence-corrected chi connectivity index (χ0v) is 19.3. The second kappa shape index (κ2) is 8.78. The Kier molecular flexibility index (Phi) is 6.05. The maximum Gasteiger partial charge on any atom is 0.407 e.